The molecule has 0 aliphatic carbocycles. The number of rotatable bonds is 4. The van der Waals surface area contributed by atoms with E-state index in [-0.39, 0.29) is 17.8 Å². The number of hydrogen-bond acceptors (Lipinski definition) is 4. The van der Waals surface area contributed by atoms with E-state index >= 15 is 0 Å². The van der Waals surface area contributed by atoms with Crippen molar-refractivity contribution in [3.8, 4) is 0 Å². The van der Waals surface area contributed by atoms with Crippen LogP contribution in [0.5, 0.6) is 0 Å². The van der Waals surface area contributed by atoms with Gasteiger partial charge in [-0.05, 0) is 6.54 Å². The highest BCUT2D eigenvalue weighted by Crippen LogP contribution is 2.12. The van der Waals surface area contributed by atoms with Crippen LogP contribution in [0.3, 0.4) is 0 Å². The summed E-state index contributed by atoms with van der Waals surface area (Å²) in [4.78, 5) is 0. The standard InChI is InChI=1S/C6H15NO2S/c1-4(10)5(2-7)6(9)3-8/h4-6,8-10H,2-3,7H2,1H3. The molecule has 0 radical (unpaired) electrons. The summed E-state index contributed by atoms with van der Waals surface area (Å²) in [5.74, 6) is -0.117. The molecule has 0 aliphatic rings. The lowest BCUT2D eigenvalue weighted by Gasteiger charge is -2.22. The highest BCUT2D eigenvalue weighted by atomic mass is 32.1. The molecular weight excluding hydrogens is 150 g/mol. The predicted octanol–water partition coefficient (Wildman–Crippen LogP) is -0.767. The van der Waals surface area contributed by atoms with Crippen molar-refractivity contribution in [2.75, 3.05) is 13.2 Å². The summed E-state index contributed by atoms with van der Waals surface area (Å²) >= 11 is 4.12. The van der Waals surface area contributed by atoms with Crippen LogP contribution in [0.2, 0.25) is 0 Å². The van der Waals surface area contributed by atoms with Crippen molar-refractivity contribution in [3.05, 3.63) is 0 Å². The van der Waals surface area contributed by atoms with Gasteiger partial charge in [-0.1, -0.05) is 6.92 Å². The average molecular weight is 165 g/mol. The Morgan fingerprint density at radius 1 is 1.60 bits per heavy atom. The molecule has 4 heteroatoms. The maximum absolute atomic E-state index is 9.11. The molecule has 0 saturated heterocycles. The third-order valence-electron chi connectivity index (χ3n) is 1.57. The van der Waals surface area contributed by atoms with Gasteiger partial charge in [-0.3, -0.25) is 0 Å². The van der Waals surface area contributed by atoms with Gasteiger partial charge in [0.2, 0.25) is 0 Å². The summed E-state index contributed by atoms with van der Waals surface area (Å²) in [6.45, 7) is 1.96. The summed E-state index contributed by atoms with van der Waals surface area (Å²) in [7, 11) is 0. The second-order valence-corrected chi connectivity index (χ2v) is 3.20. The molecule has 0 saturated carbocycles. The highest BCUT2D eigenvalue weighted by Gasteiger charge is 2.20. The second kappa shape index (κ2) is 4.96. The maximum atomic E-state index is 9.11. The molecule has 0 heterocycles. The van der Waals surface area contributed by atoms with Gasteiger partial charge >= 0.3 is 0 Å². The van der Waals surface area contributed by atoms with Crippen LogP contribution >= 0.6 is 12.6 Å². The number of aliphatic hydroxyl groups is 2. The quantitative estimate of drug-likeness (QED) is 0.414. The smallest absolute Gasteiger partial charge is 0.0821 e. The van der Waals surface area contributed by atoms with E-state index in [9.17, 15) is 0 Å². The minimum Gasteiger partial charge on any atom is -0.394 e. The van der Waals surface area contributed by atoms with Gasteiger partial charge in [0.25, 0.3) is 0 Å². The zero-order valence-electron chi connectivity index (χ0n) is 6.07. The molecule has 0 bridgehead atoms. The molecule has 0 aliphatic heterocycles. The first-order chi connectivity index (χ1) is 4.63. The van der Waals surface area contributed by atoms with Crippen molar-refractivity contribution in [3.63, 3.8) is 0 Å². The van der Waals surface area contributed by atoms with E-state index < -0.39 is 6.10 Å². The van der Waals surface area contributed by atoms with E-state index in [0.717, 1.165) is 0 Å². The minimum absolute atomic E-state index is 0.0205. The fourth-order valence-corrected chi connectivity index (χ4v) is 1.13. The van der Waals surface area contributed by atoms with Crippen LogP contribution in [-0.4, -0.2) is 34.7 Å². The van der Waals surface area contributed by atoms with E-state index in [0.29, 0.717) is 6.54 Å². The summed E-state index contributed by atoms with van der Waals surface area (Å²) in [5.41, 5.74) is 5.33. The molecular formula is C6H15NO2S. The van der Waals surface area contributed by atoms with Gasteiger partial charge in [-0.15, -0.1) is 0 Å². The van der Waals surface area contributed by atoms with Crippen molar-refractivity contribution in [2.45, 2.75) is 18.3 Å². The van der Waals surface area contributed by atoms with Crippen LogP contribution in [0.1, 0.15) is 6.92 Å². The topological polar surface area (TPSA) is 66.5 Å². The molecule has 0 spiro atoms. The van der Waals surface area contributed by atoms with E-state index in [4.69, 9.17) is 15.9 Å². The molecule has 4 N–H and O–H groups in total. The van der Waals surface area contributed by atoms with Crippen LogP contribution in [0.25, 0.3) is 0 Å². The number of thiol groups is 1. The van der Waals surface area contributed by atoms with Gasteiger partial charge in [0.05, 0.1) is 12.7 Å². The molecule has 10 heavy (non-hydrogen) atoms. The lowest BCUT2D eigenvalue weighted by Crippen LogP contribution is -2.35. The van der Waals surface area contributed by atoms with E-state index in [1.807, 2.05) is 6.92 Å². The predicted molar refractivity (Wildman–Crippen MR) is 44.1 cm³/mol. The van der Waals surface area contributed by atoms with Crippen molar-refractivity contribution in [1.29, 1.82) is 0 Å². The Hall–Kier alpha value is 0.230. The molecule has 0 fully saturated rings. The SMILES string of the molecule is CC(S)C(CN)C(O)CO. The zero-order valence-corrected chi connectivity index (χ0v) is 6.96. The number of hydrogen-bond donors (Lipinski definition) is 4. The van der Waals surface area contributed by atoms with Crippen LogP contribution in [0.4, 0.5) is 0 Å². The molecule has 0 aromatic carbocycles. The number of nitrogens with two attached hydrogens (primary N) is 1. The molecule has 3 unspecified atom stereocenters. The summed E-state index contributed by atoms with van der Waals surface area (Å²) in [5, 5.41) is 17.7. The van der Waals surface area contributed by atoms with Gasteiger partial charge < -0.3 is 15.9 Å². The largest absolute Gasteiger partial charge is 0.394 e. The van der Waals surface area contributed by atoms with Gasteiger partial charge in [-0.25, -0.2) is 0 Å². The first-order valence-electron chi connectivity index (χ1n) is 3.30. The normalized spacial score (nSPS) is 20.1. The Bertz CT molecular complexity index is 89.8. The maximum Gasteiger partial charge on any atom is 0.0821 e. The Balaban J connectivity index is 3.80. The van der Waals surface area contributed by atoms with E-state index in [1.54, 1.807) is 0 Å². The monoisotopic (exact) mass is 165 g/mol. The Morgan fingerprint density at radius 2 is 2.10 bits per heavy atom. The van der Waals surface area contributed by atoms with Gasteiger partial charge in [0.1, 0.15) is 0 Å². The first kappa shape index (κ1) is 10.2. The van der Waals surface area contributed by atoms with Crippen molar-refractivity contribution in [2.24, 2.45) is 11.7 Å². The molecule has 3 nitrogen and oxygen atoms in total. The lowest BCUT2D eigenvalue weighted by atomic mass is 10.00. The average Bonchev–Trinajstić information content (AvgIpc) is 1.88. The van der Waals surface area contributed by atoms with Gasteiger partial charge in [-0.2, -0.15) is 12.6 Å². The fourth-order valence-electron chi connectivity index (χ4n) is 0.811. The van der Waals surface area contributed by atoms with Crippen molar-refractivity contribution < 1.29 is 10.2 Å². The summed E-state index contributed by atoms with van der Waals surface area (Å²) < 4.78 is 0. The zero-order chi connectivity index (χ0) is 8.15. The second-order valence-electron chi connectivity index (χ2n) is 2.39. The van der Waals surface area contributed by atoms with E-state index in [1.165, 1.54) is 0 Å². The Labute approximate surface area is 66.6 Å². The molecule has 3 atom stereocenters. The molecule has 0 amide bonds. The highest BCUT2D eigenvalue weighted by molar-refractivity contribution is 7.80. The van der Waals surface area contributed by atoms with Crippen LogP contribution in [0, 0.1) is 5.92 Å². The van der Waals surface area contributed by atoms with Crippen molar-refractivity contribution in [1.82, 2.24) is 0 Å². The molecule has 0 rings (SSSR count). The number of aliphatic hydroxyl groups excluding tert-OH is 2. The molecule has 62 valence electrons. The lowest BCUT2D eigenvalue weighted by molar-refractivity contribution is 0.0507. The minimum atomic E-state index is -0.738. The van der Waals surface area contributed by atoms with Crippen LogP contribution < -0.4 is 5.73 Å². The van der Waals surface area contributed by atoms with Crippen LogP contribution in [0.15, 0.2) is 0 Å². The first-order valence-corrected chi connectivity index (χ1v) is 3.82. The fraction of sp³-hybridized carbons (Fsp3) is 1.00. The third kappa shape index (κ3) is 2.88. The Kier molecular flexibility index (Phi) is 5.07. The summed E-state index contributed by atoms with van der Waals surface area (Å²) in [6, 6.07) is 0. The van der Waals surface area contributed by atoms with Crippen LogP contribution in [-0.2, 0) is 0 Å². The van der Waals surface area contributed by atoms with E-state index in [2.05, 4.69) is 12.6 Å². The molecule has 0 aromatic heterocycles. The Morgan fingerprint density at radius 3 is 2.20 bits per heavy atom. The third-order valence-corrected chi connectivity index (χ3v) is 1.96. The summed E-state index contributed by atoms with van der Waals surface area (Å²) in [6.07, 6.45) is -0.738. The van der Waals surface area contributed by atoms with Crippen molar-refractivity contribution >= 4 is 12.6 Å². The van der Waals surface area contributed by atoms with Gasteiger partial charge in [0.15, 0.2) is 0 Å². The molecule has 0 aromatic rings. The van der Waals surface area contributed by atoms with Gasteiger partial charge in [0, 0.05) is 11.2 Å².